The number of ether oxygens (including phenoxy) is 1. The molecule has 5 heteroatoms. The molecule has 0 aromatic carbocycles. The Balaban J connectivity index is 2.22. The van der Waals surface area contributed by atoms with Crippen LogP contribution in [0.4, 0.5) is 0 Å². The Hall–Kier alpha value is -0.130. The first-order chi connectivity index (χ1) is 6.06. The minimum Gasteiger partial charge on any atom is -0.358 e. The first kappa shape index (κ1) is 9.43. The van der Waals surface area contributed by atoms with Crippen molar-refractivity contribution in [2.24, 2.45) is 0 Å². The minimum absolute atomic E-state index is 0.205. The molecule has 2 rings (SSSR count). The number of hydrogen-bond acceptors (Lipinski definition) is 4. The molecule has 4 nitrogen and oxygen atoms in total. The maximum atomic E-state index is 11.7. The maximum Gasteiger partial charge on any atom is 0.182 e. The second kappa shape index (κ2) is 2.93. The van der Waals surface area contributed by atoms with Gasteiger partial charge in [0, 0.05) is 25.9 Å². The fourth-order valence-corrected chi connectivity index (χ4v) is 3.77. The van der Waals surface area contributed by atoms with Crippen LogP contribution in [0, 0.1) is 0 Å². The number of hydrogen-bond donors (Lipinski definition) is 0. The summed E-state index contributed by atoms with van der Waals surface area (Å²) in [6.07, 6.45) is 1.26. The topological polar surface area (TPSA) is 46.6 Å². The van der Waals surface area contributed by atoms with Crippen LogP contribution in [-0.2, 0) is 14.6 Å². The molecule has 2 aliphatic heterocycles. The highest BCUT2D eigenvalue weighted by molar-refractivity contribution is 7.92. The van der Waals surface area contributed by atoms with Crippen molar-refractivity contribution in [1.29, 1.82) is 0 Å². The first-order valence-corrected chi connectivity index (χ1v) is 6.26. The van der Waals surface area contributed by atoms with E-state index < -0.39 is 14.8 Å². The smallest absolute Gasteiger partial charge is 0.182 e. The van der Waals surface area contributed by atoms with E-state index >= 15 is 0 Å². The predicted octanol–water partition coefficient (Wildman–Crippen LogP) is -0.147. The first-order valence-electron chi connectivity index (χ1n) is 4.61. The molecule has 2 heterocycles. The van der Waals surface area contributed by atoms with Crippen molar-refractivity contribution in [1.82, 2.24) is 4.90 Å². The van der Waals surface area contributed by atoms with Crippen LogP contribution in [0.1, 0.15) is 12.8 Å². The molecule has 0 aromatic rings. The summed E-state index contributed by atoms with van der Waals surface area (Å²) >= 11 is 0. The SMILES string of the molecule is CN1CCC2(CC1)OCCS2(=O)=O. The van der Waals surface area contributed by atoms with Crippen LogP contribution in [0.3, 0.4) is 0 Å². The summed E-state index contributed by atoms with van der Waals surface area (Å²) in [5.74, 6) is 0.205. The Morgan fingerprint density at radius 3 is 2.38 bits per heavy atom. The van der Waals surface area contributed by atoms with Gasteiger partial charge < -0.3 is 9.64 Å². The van der Waals surface area contributed by atoms with Crippen molar-refractivity contribution in [3.63, 3.8) is 0 Å². The fourth-order valence-electron chi connectivity index (χ4n) is 2.03. The van der Waals surface area contributed by atoms with Gasteiger partial charge in [-0.2, -0.15) is 0 Å². The largest absolute Gasteiger partial charge is 0.358 e. The van der Waals surface area contributed by atoms with Crippen molar-refractivity contribution >= 4 is 9.84 Å². The second-order valence-electron chi connectivity index (χ2n) is 3.88. The monoisotopic (exact) mass is 205 g/mol. The highest BCUT2D eigenvalue weighted by Gasteiger charge is 2.50. The zero-order valence-corrected chi connectivity index (χ0v) is 8.64. The highest BCUT2D eigenvalue weighted by atomic mass is 32.2. The average Bonchev–Trinajstić information content (AvgIpc) is 2.34. The normalized spacial score (nSPS) is 32.4. The van der Waals surface area contributed by atoms with Crippen LogP contribution >= 0.6 is 0 Å². The van der Waals surface area contributed by atoms with E-state index in [9.17, 15) is 8.42 Å². The van der Waals surface area contributed by atoms with E-state index in [-0.39, 0.29) is 5.75 Å². The lowest BCUT2D eigenvalue weighted by molar-refractivity contribution is 0.00222. The Bertz CT molecular complexity index is 291. The molecule has 0 amide bonds. The van der Waals surface area contributed by atoms with Crippen molar-refractivity contribution in [3.8, 4) is 0 Å². The van der Waals surface area contributed by atoms with Gasteiger partial charge in [0.25, 0.3) is 0 Å². The van der Waals surface area contributed by atoms with Crippen molar-refractivity contribution in [3.05, 3.63) is 0 Å². The van der Waals surface area contributed by atoms with Gasteiger partial charge in [0.1, 0.15) is 0 Å². The van der Waals surface area contributed by atoms with Gasteiger partial charge in [-0.25, -0.2) is 8.42 Å². The summed E-state index contributed by atoms with van der Waals surface area (Å²) in [5, 5.41) is 0. The summed E-state index contributed by atoms with van der Waals surface area (Å²) in [6, 6.07) is 0. The molecule has 76 valence electrons. The third kappa shape index (κ3) is 1.39. The Labute approximate surface area is 78.8 Å². The molecule has 2 saturated heterocycles. The molecule has 0 saturated carbocycles. The van der Waals surface area contributed by atoms with Gasteiger partial charge in [0.15, 0.2) is 14.8 Å². The molecule has 0 unspecified atom stereocenters. The molecular weight excluding hydrogens is 190 g/mol. The molecule has 2 fully saturated rings. The molecule has 2 aliphatic rings. The number of nitrogens with zero attached hydrogens (tertiary/aromatic N) is 1. The zero-order chi connectivity index (χ0) is 9.53. The van der Waals surface area contributed by atoms with Gasteiger partial charge in [0.05, 0.1) is 12.4 Å². The summed E-state index contributed by atoms with van der Waals surface area (Å²) in [5.41, 5.74) is 0. The molecule has 0 bridgehead atoms. The van der Waals surface area contributed by atoms with E-state index in [0.29, 0.717) is 19.4 Å². The minimum atomic E-state index is -2.98. The van der Waals surface area contributed by atoms with Gasteiger partial charge >= 0.3 is 0 Å². The van der Waals surface area contributed by atoms with Gasteiger partial charge in [-0.05, 0) is 7.05 Å². The average molecular weight is 205 g/mol. The number of piperidine rings is 1. The van der Waals surface area contributed by atoms with Crippen LogP contribution in [0.5, 0.6) is 0 Å². The van der Waals surface area contributed by atoms with Crippen LogP contribution < -0.4 is 0 Å². The molecule has 0 aliphatic carbocycles. The molecule has 0 atom stereocenters. The van der Waals surface area contributed by atoms with E-state index in [4.69, 9.17) is 4.74 Å². The van der Waals surface area contributed by atoms with Crippen LogP contribution in [0.2, 0.25) is 0 Å². The molecule has 1 spiro atoms. The predicted molar refractivity (Wildman–Crippen MR) is 49.2 cm³/mol. The van der Waals surface area contributed by atoms with E-state index in [2.05, 4.69) is 4.90 Å². The molecular formula is C8H15NO3S. The number of likely N-dealkylation sites (tertiary alicyclic amines) is 1. The van der Waals surface area contributed by atoms with Crippen LogP contribution in [-0.4, -0.2) is 50.7 Å². The Morgan fingerprint density at radius 2 is 1.92 bits per heavy atom. The van der Waals surface area contributed by atoms with Gasteiger partial charge in [-0.15, -0.1) is 0 Å². The summed E-state index contributed by atoms with van der Waals surface area (Å²) < 4.78 is 28.8. The van der Waals surface area contributed by atoms with E-state index in [1.165, 1.54) is 0 Å². The van der Waals surface area contributed by atoms with E-state index in [0.717, 1.165) is 13.1 Å². The van der Waals surface area contributed by atoms with Crippen molar-refractivity contribution in [2.75, 3.05) is 32.5 Å². The summed E-state index contributed by atoms with van der Waals surface area (Å²) in [6.45, 7) is 2.02. The highest BCUT2D eigenvalue weighted by Crippen LogP contribution is 2.36. The summed E-state index contributed by atoms with van der Waals surface area (Å²) in [7, 11) is -0.974. The van der Waals surface area contributed by atoms with Crippen molar-refractivity contribution < 1.29 is 13.2 Å². The van der Waals surface area contributed by atoms with Crippen molar-refractivity contribution in [2.45, 2.75) is 17.8 Å². The molecule has 0 N–H and O–H groups in total. The molecule has 13 heavy (non-hydrogen) atoms. The van der Waals surface area contributed by atoms with E-state index in [1.807, 2.05) is 7.05 Å². The van der Waals surface area contributed by atoms with Crippen LogP contribution in [0.25, 0.3) is 0 Å². The lowest BCUT2D eigenvalue weighted by Crippen LogP contribution is -2.46. The molecule has 0 radical (unpaired) electrons. The molecule has 0 aromatic heterocycles. The third-order valence-electron chi connectivity index (χ3n) is 3.03. The number of sulfone groups is 1. The van der Waals surface area contributed by atoms with Crippen LogP contribution in [0.15, 0.2) is 0 Å². The number of rotatable bonds is 0. The van der Waals surface area contributed by atoms with E-state index in [1.54, 1.807) is 0 Å². The lowest BCUT2D eigenvalue weighted by atomic mass is 10.1. The fraction of sp³-hybridized carbons (Fsp3) is 1.00. The Kier molecular flexibility index (Phi) is 2.13. The standard InChI is InChI=1S/C8H15NO3S/c1-9-4-2-8(3-5-9)12-6-7-13(8,10)11/h2-7H2,1H3. The second-order valence-corrected chi connectivity index (χ2v) is 6.26. The van der Waals surface area contributed by atoms with Gasteiger partial charge in [0.2, 0.25) is 0 Å². The summed E-state index contributed by atoms with van der Waals surface area (Å²) in [4.78, 5) is 1.32. The van der Waals surface area contributed by atoms with Gasteiger partial charge in [-0.1, -0.05) is 0 Å². The zero-order valence-electron chi connectivity index (χ0n) is 7.82. The Morgan fingerprint density at radius 1 is 1.31 bits per heavy atom. The quantitative estimate of drug-likeness (QED) is 0.552. The van der Waals surface area contributed by atoms with Gasteiger partial charge in [-0.3, -0.25) is 0 Å². The lowest BCUT2D eigenvalue weighted by Gasteiger charge is -2.35. The third-order valence-corrected chi connectivity index (χ3v) is 5.40. The maximum absolute atomic E-state index is 11.7.